The van der Waals surface area contributed by atoms with Crippen molar-refractivity contribution >= 4 is 5.82 Å². The number of aliphatic hydroxyl groups excluding tert-OH is 1. The molecule has 0 saturated carbocycles. The number of nitro groups is 1. The third-order valence-electron chi connectivity index (χ3n) is 1.65. The molecule has 7 nitrogen and oxygen atoms in total. The van der Waals surface area contributed by atoms with Crippen LogP contribution in [-0.2, 0) is 6.54 Å². The molecule has 0 saturated heterocycles. The SMILES string of the molecule is CNCC(O)Cn1ccc([N+](=O)[O-])n1. The van der Waals surface area contributed by atoms with Gasteiger partial charge < -0.3 is 20.5 Å². The van der Waals surface area contributed by atoms with Crippen molar-refractivity contribution in [2.75, 3.05) is 13.6 Å². The molecule has 0 bridgehead atoms. The molecule has 0 amide bonds. The van der Waals surface area contributed by atoms with Crippen molar-refractivity contribution in [3.63, 3.8) is 0 Å². The largest absolute Gasteiger partial charge is 0.390 e. The van der Waals surface area contributed by atoms with Gasteiger partial charge in [0, 0.05) is 6.54 Å². The number of nitrogens with one attached hydrogen (secondary N) is 1. The molecule has 0 aliphatic carbocycles. The van der Waals surface area contributed by atoms with Gasteiger partial charge in [0.15, 0.2) is 0 Å². The zero-order valence-corrected chi connectivity index (χ0v) is 7.75. The van der Waals surface area contributed by atoms with Crippen molar-refractivity contribution in [3.05, 3.63) is 22.4 Å². The summed E-state index contributed by atoms with van der Waals surface area (Å²) in [6, 6.07) is 1.30. The van der Waals surface area contributed by atoms with E-state index in [0.717, 1.165) is 0 Å². The fourth-order valence-electron chi connectivity index (χ4n) is 1.07. The van der Waals surface area contributed by atoms with Crippen LogP contribution in [0.2, 0.25) is 0 Å². The van der Waals surface area contributed by atoms with Crippen LogP contribution in [0.4, 0.5) is 5.82 Å². The van der Waals surface area contributed by atoms with Gasteiger partial charge in [-0.25, -0.2) is 0 Å². The van der Waals surface area contributed by atoms with Crippen LogP contribution in [0.15, 0.2) is 12.3 Å². The number of nitrogens with zero attached hydrogens (tertiary/aromatic N) is 3. The molecule has 0 aliphatic heterocycles. The molecular formula is C7H12N4O3. The van der Waals surface area contributed by atoms with Gasteiger partial charge in [0.2, 0.25) is 0 Å². The first kappa shape index (κ1) is 10.6. The molecule has 1 aromatic rings. The average Bonchev–Trinajstić information content (AvgIpc) is 2.53. The number of rotatable bonds is 5. The molecule has 1 rings (SSSR count). The molecule has 14 heavy (non-hydrogen) atoms. The van der Waals surface area contributed by atoms with Gasteiger partial charge in [-0.3, -0.25) is 0 Å². The zero-order valence-electron chi connectivity index (χ0n) is 7.75. The molecule has 0 aromatic carbocycles. The van der Waals surface area contributed by atoms with E-state index in [4.69, 9.17) is 0 Å². The highest BCUT2D eigenvalue weighted by molar-refractivity contribution is 5.13. The first-order valence-electron chi connectivity index (χ1n) is 4.14. The number of hydrogen-bond donors (Lipinski definition) is 2. The summed E-state index contributed by atoms with van der Waals surface area (Å²) < 4.78 is 1.35. The Labute approximate surface area is 80.5 Å². The van der Waals surface area contributed by atoms with Crippen LogP contribution >= 0.6 is 0 Å². The highest BCUT2D eigenvalue weighted by Crippen LogP contribution is 2.05. The Balaban J connectivity index is 2.55. The van der Waals surface area contributed by atoms with Crippen molar-refractivity contribution < 1.29 is 10.0 Å². The van der Waals surface area contributed by atoms with E-state index in [0.29, 0.717) is 6.54 Å². The summed E-state index contributed by atoms with van der Waals surface area (Å²) in [6.45, 7) is 0.669. The van der Waals surface area contributed by atoms with E-state index in [9.17, 15) is 15.2 Å². The van der Waals surface area contributed by atoms with Gasteiger partial charge in [-0.05, 0) is 12.0 Å². The summed E-state index contributed by atoms with van der Waals surface area (Å²) in [4.78, 5) is 9.71. The van der Waals surface area contributed by atoms with Gasteiger partial charge in [-0.1, -0.05) is 0 Å². The van der Waals surface area contributed by atoms with E-state index in [1.54, 1.807) is 7.05 Å². The lowest BCUT2D eigenvalue weighted by Crippen LogP contribution is -2.28. The fraction of sp³-hybridized carbons (Fsp3) is 0.571. The molecule has 1 heterocycles. The van der Waals surface area contributed by atoms with Crippen molar-refractivity contribution in [2.45, 2.75) is 12.6 Å². The maximum absolute atomic E-state index is 10.3. The Morgan fingerprint density at radius 1 is 1.86 bits per heavy atom. The molecule has 0 radical (unpaired) electrons. The number of likely N-dealkylation sites (N-methyl/N-ethyl adjacent to an activating group) is 1. The first-order chi connectivity index (χ1) is 6.63. The van der Waals surface area contributed by atoms with Crippen molar-refractivity contribution in [1.29, 1.82) is 0 Å². The van der Waals surface area contributed by atoms with Gasteiger partial charge >= 0.3 is 5.82 Å². The van der Waals surface area contributed by atoms with Crippen LogP contribution in [0.1, 0.15) is 0 Å². The Bertz CT molecular complexity index is 312. The number of aromatic nitrogens is 2. The standard InChI is InChI=1S/C7H12N4O3/c1-8-4-6(12)5-10-3-2-7(9-10)11(13)14/h2-3,6,8,12H,4-5H2,1H3. The molecule has 78 valence electrons. The van der Waals surface area contributed by atoms with Crippen LogP contribution < -0.4 is 5.32 Å². The van der Waals surface area contributed by atoms with E-state index in [2.05, 4.69) is 10.4 Å². The summed E-state index contributed by atoms with van der Waals surface area (Å²) in [7, 11) is 1.72. The monoisotopic (exact) mass is 200 g/mol. The minimum atomic E-state index is -0.598. The van der Waals surface area contributed by atoms with E-state index >= 15 is 0 Å². The van der Waals surface area contributed by atoms with Crippen LogP contribution in [0.25, 0.3) is 0 Å². The maximum atomic E-state index is 10.3. The Morgan fingerprint density at radius 2 is 2.57 bits per heavy atom. The molecule has 1 aromatic heterocycles. The Hall–Kier alpha value is -1.47. The van der Waals surface area contributed by atoms with Gasteiger partial charge in [-0.15, -0.1) is 0 Å². The van der Waals surface area contributed by atoms with Gasteiger partial charge in [0.05, 0.1) is 30.0 Å². The van der Waals surface area contributed by atoms with Crippen LogP contribution in [0, 0.1) is 10.1 Å². The van der Waals surface area contributed by atoms with Crippen LogP contribution in [-0.4, -0.2) is 39.5 Å². The van der Waals surface area contributed by atoms with Crippen molar-refractivity contribution in [1.82, 2.24) is 15.1 Å². The second kappa shape index (κ2) is 4.68. The lowest BCUT2D eigenvalue weighted by molar-refractivity contribution is -0.389. The molecule has 7 heteroatoms. The number of aliphatic hydroxyl groups is 1. The van der Waals surface area contributed by atoms with Crippen molar-refractivity contribution in [3.8, 4) is 0 Å². The molecule has 0 fully saturated rings. The third-order valence-corrected chi connectivity index (χ3v) is 1.65. The van der Waals surface area contributed by atoms with E-state index in [1.807, 2.05) is 0 Å². The topological polar surface area (TPSA) is 93.2 Å². The predicted molar refractivity (Wildman–Crippen MR) is 48.8 cm³/mol. The molecule has 0 spiro atoms. The lowest BCUT2D eigenvalue weighted by Gasteiger charge is -2.06. The van der Waals surface area contributed by atoms with E-state index < -0.39 is 11.0 Å². The molecule has 0 aliphatic rings. The Morgan fingerprint density at radius 3 is 3.07 bits per heavy atom. The molecule has 2 N–H and O–H groups in total. The summed E-state index contributed by atoms with van der Waals surface area (Å²) in [5.41, 5.74) is 0. The molecular weight excluding hydrogens is 188 g/mol. The van der Waals surface area contributed by atoms with Crippen LogP contribution in [0.5, 0.6) is 0 Å². The smallest absolute Gasteiger partial charge is 0.389 e. The van der Waals surface area contributed by atoms with E-state index in [-0.39, 0.29) is 12.4 Å². The second-order valence-corrected chi connectivity index (χ2v) is 2.86. The second-order valence-electron chi connectivity index (χ2n) is 2.86. The van der Waals surface area contributed by atoms with Gasteiger partial charge in [0.25, 0.3) is 0 Å². The summed E-state index contributed by atoms with van der Waals surface area (Å²) in [5, 5.41) is 26.1. The third kappa shape index (κ3) is 2.79. The minimum Gasteiger partial charge on any atom is -0.390 e. The highest BCUT2D eigenvalue weighted by atomic mass is 16.6. The summed E-state index contributed by atoms with van der Waals surface area (Å²) in [5.74, 6) is -0.207. The Kier molecular flexibility index (Phi) is 3.55. The average molecular weight is 200 g/mol. The van der Waals surface area contributed by atoms with Crippen LogP contribution in [0.3, 0.4) is 0 Å². The lowest BCUT2D eigenvalue weighted by atomic mass is 10.3. The van der Waals surface area contributed by atoms with Gasteiger partial charge in [-0.2, -0.15) is 4.68 Å². The molecule has 1 atom stereocenters. The first-order valence-corrected chi connectivity index (χ1v) is 4.14. The molecule has 1 unspecified atom stereocenters. The fourth-order valence-corrected chi connectivity index (χ4v) is 1.07. The van der Waals surface area contributed by atoms with Gasteiger partial charge in [0.1, 0.15) is 0 Å². The summed E-state index contributed by atoms with van der Waals surface area (Å²) >= 11 is 0. The predicted octanol–water partition coefficient (Wildman–Crippen LogP) is -0.628. The highest BCUT2D eigenvalue weighted by Gasteiger charge is 2.13. The number of hydrogen-bond acceptors (Lipinski definition) is 5. The summed E-state index contributed by atoms with van der Waals surface area (Å²) in [6.07, 6.45) is 0.872. The van der Waals surface area contributed by atoms with Crippen molar-refractivity contribution in [2.24, 2.45) is 0 Å². The van der Waals surface area contributed by atoms with E-state index in [1.165, 1.54) is 16.9 Å². The normalized spacial score (nSPS) is 12.7. The zero-order chi connectivity index (χ0) is 10.6. The quantitative estimate of drug-likeness (QED) is 0.487. The minimum absolute atomic E-state index is 0.207. The maximum Gasteiger partial charge on any atom is 0.389 e.